The summed E-state index contributed by atoms with van der Waals surface area (Å²) in [4.78, 5) is 17.5. The van der Waals surface area contributed by atoms with Crippen LogP contribution in [0.4, 0.5) is 0 Å². The number of rotatable bonds is 3. The molecule has 26 heavy (non-hydrogen) atoms. The van der Waals surface area contributed by atoms with Crippen molar-refractivity contribution in [2.45, 2.75) is 13.8 Å². The Bertz CT molecular complexity index is 1170. The maximum Gasteiger partial charge on any atom is 0.281 e. The highest BCUT2D eigenvalue weighted by Gasteiger charge is 2.15. The van der Waals surface area contributed by atoms with Gasteiger partial charge in [-0.25, -0.2) is 9.67 Å². The third-order valence-electron chi connectivity index (χ3n) is 4.72. The number of ether oxygens (including phenoxy) is 1. The van der Waals surface area contributed by atoms with Gasteiger partial charge in [-0.15, -0.1) is 0 Å². The largest absolute Gasteiger partial charge is 0.497 e. The van der Waals surface area contributed by atoms with Crippen LogP contribution in [0.15, 0.2) is 59.5 Å². The number of fused-ring (bicyclic) bond motifs is 1. The Hall–Kier alpha value is -3.34. The summed E-state index contributed by atoms with van der Waals surface area (Å²) in [6, 6.07) is 15.5. The number of hydrogen-bond donors (Lipinski definition) is 1. The second-order valence-electron chi connectivity index (χ2n) is 6.34. The lowest BCUT2D eigenvalue weighted by Crippen LogP contribution is -2.14. The number of aryl methyl sites for hydroxylation is 2. The molecule has 0 aliphatic heterocycles. The lowest BCUT2D eigenvalue weighted by atomic mass is 10.0. The first-order valence-electron chi connectivity index (χ1n) is 8.40. The molecule has 0 fully saturated rings. The molecule has 0 spiro atoms. The van der Waals surface area contributed by atoms with E-state index in [4.69, 9.17) is 4.74 Å². The van der Waals surface area contributed by atoms with Crippen LogP contribution in [0.1, 0.15) is 11.1 Å². The maximum atomic E-state index is 13.1. The van der Waals surface area contributed by atoms with E-state index >= 15 is 0 Å². The third kappa shape index (κ3) is 2.58. The normalized spacial score (nSPS) is 11.0. The van der Waals surface area contributed by atoms with Gasteiger partial charge in [0.15, 0.2) is 5.65 Å². The summed E-state index contributed by atoms with van der Waals surface area (Å²) in [7, 11) is 1.63. The first-order valence-corrected chi connectivity index (χ1v) is 8.40. The molecule has 0 atom stereocenters. The van der Waals surface area contributed by atoms with Crippen molar-refractivity contribution in [1.82, 2.24) is 14.8 Å². The molecular formula is C21H19N3O2. The number of nitrogens with zero attached hydrogens (tertiary/aromatic N) is 2. The van der Waals surface area contributed by atoms with Crippen LogP contribution in [-0.2, 0) is 0 Å². The predicted molar refractivity (Wildman–Crippen MR) is 103 cm³/mol. The number of hydrogen-bond acceptors (Lipinski definition) is 3. The molecule has 0 aliphatic carbocycles. The third-order valence-corrected chi connectivity index (χ3v) is 4.72. The van der Waals surface area contributed by atoms with Gasteiger partial charge in [0.1, 0.15) is 5.75 Å². The zero-order valence-corrected chi connectivity index (χ0v) is 14.9. The summed E-state index contributed by atoms with van der Waals surface area (Å²) >= 11 is 0. The lowest BCUT2D eigenvalue weighted by Gasteiger charge is -2.05. The zero-order valence-electron chi connectivity index (χ0n) is 14.9. The monoisotopic (exact) mass is 345 g/mol. The number of nitrogens with one attached hydrogen (secondary N) is 1. The van der Waals surface area contributed by atoms with Crippen molar-refractivity contribution >= 4 is 11.0 Å². The van der Waals surface area contributed by atoms with Crippen molar-refractivity contribution in [3.8, 4) is 22.6 Å². The first kappa shape index (κ1) is 16.1. The SMILES string of the molecule is COc1cccc(-c2ccnc3[nH]n(-c4ccc(C)c(C)c4)c(=O)c23)c1. The minimum Gasteiger partial charge on any atom is -0.497 e. The number of pyridine rings is 1. The Labute approximate surface area is 150 Å². The Morgan fingerprint density at radius 1 is 1.04 bits per heavy atom. The molecule has 2 aromatic heterocycles. The van der Waals surface area contributed by atoms with E-state index < -0.39 is 0 Å². The van der Waals surface area contributed by atoms with Crippen molar-refractivity contribution in [3.63, 3.8) is 0 Å². The summed E-state index contributed by atoms with van der Waals surface area (Å²) in [5.74, 6) is 0.748. The number of aromatic nitrogens is 3. The molecule has 0 saturated carbocycles. The van der Waals surface area contributed by atoms with Gasteiger partial charge in [-0.3, -0.25) is 9.89 Å². The molecule has 2 heterocycles. The standard InChI is InChI=1S/C21H19N3O2/c1-13-7-8-16(11-14(13)2)24-21(25)19-18(9-10-22-20(19)23-24)15-5-4-6-17(12-15)26-3/h4-12H,1-3H3,(H,22,23). The number of benzene rings is 2. The molecule has 5 nitrogen and oxygen atoms in total. The van der Waals surface area contributed by atoms with E-state index in [2.05, 4.69) is 17.0 Å². The van der Waals surface area contributed by atoms with Crippen LogP contribution < -0.4 is 10.3 Å². The summed E-state index contributed by atoms with van der Waals surface area (Å²) in [6.07, 6.45) is 1.71. The second-order valence-corrected chi connectivity index (χ2v) is 6.34. The smallest absolute Gasteiger partial charge is 0.281 e. The highest BCUT2D eigenvalue weighted by Crippen LogP contribution is 2.28. The predicted octanol–water partition coefficient (Wildman–Crippen LogP) is 4.01. The Kier molecular flexibility index (Phi) is 3.84. The van der Waals surface area contributed by atoms with Crippen molar-refractivity contribution in [2.24, 2.45) is 0 Å². The molecule has 2 aromatic carbocycles. The Morgan fingerprint density at radius 3 is 2.65 bits per heavy atom. The highest BCUT2D eigenvalue weighted by atomic mass is 16.5. The fraction of sp³-hybridized carbons (Fsp3) is 0.143. The fourth-order valence-corrected chi connectivity index (χ4v) is 3.11. The van der Waals surface area contributed by atoms with Crippen LogP contribution in [0.2, 0.25) is 0 Å². The van der Waals surface area contributed by atoms with Gasteiger partial charge in [0.25, 0.3) is 5.56 Å². The van der Waals surface area contributed by atoms with Crippen LogP contribution in [0, 0.1) is 13.8 Å². The first-order chi connectivity index (χ1) is 12.6. The van der Waals surface area contributed by atoms with E-state index in [-0.39, 0.29) is 5.56 Å². The number of methoxy groups -OCH3 is 1. The van der Waals surface area contributed by atoms with Gasteiger partial charge < -0.3 is 4.74 Å². The van der Waals surface area contributed by atoms with Crippen molar-refractivity contribution in [3.05, 3.63) is 76.2 Å². The summed E-state index contributed by atoms with van der Waals surface area (Å²) in [5, 5.41) is 3.70. The molecule has 0 radical (unpaired) electrons. The molecule has 0 amide bonds. The highest BCUT2D eigenvalue weighted by molar-refractivity contribution is 5.92. The average Bonchev–Trinajstić information content (AvgIpc) is 3.01. The van der Waals surface area contributed by atoms with Crippen LogP contribution in [0.3, 0.4) is 0 Å². The summed E-state index contributed by atoms with van der Waals surface area (Å²) < 4.78 is 6.86. The minimum absolute atomic E-state index is 0.117. The van der Waals surface area contributed by atoms with E-state index in [1.54, 1.807) is 18.0 Å². The van der Waals surface area contributed by atoms with E-state index in [0.29, 0.717) is 11.0 Å². The van der Waals surface area contributed by atoms with Crippen LogP contribution >= 0.6 is 0 Å². The Balaban J connectivity index is 1.96. The summed E-state index contributed by atoms with van der Waals surface area (Å²) in [5.41, 5.74) is 5.32. The van der Waals surface area contributed by atoms with Crippen molar-refractivity contribution in [1.29, 1.82) is 0 Å². The molecular weight excluding hydrogens is 326 g/mol. The summed E-state index contributed by atoms with van der Waals surface area (Å²) in [6.45, 7) is 4.09. The van der Waals surface area contributed by atoms with E-state index in [1.807, 2.05) is 55.5 Å². The maximum absolute atomic E-state index is 13.1. The van der Waals surface area contributed by atoms with Crippen LogP contribution in [-0.4, -0.2) is 21.9 Å². The molecule has 1 N–H and O–H groups in total. The molecule has 130 valence electrons. The topological polar surface area (TPSA) is 59.9 Å². The second kappa shape index (κ2) is 6.19. The van der Waals surface area contributed by atoms with Crippen LogP contribution in [0.5, 0.6) is 5.75 Å². The fourth-order valence-electron chi connectivity index (χ4n) is 3.11. The molecule has 0 saturated heterocycles. The van der Waals surface area contributed by atoms with Gasteiger partial charge in [0.2, 0.25) is 0 Å². The van der Waals surface area contributed by atoms with E-state index in [9.17, 15) is 4.79 Å². The van der Waals surface area contributed by atoms with Crippen LogP contribution in [0.25, 0.3) is 27.8 Å². The van der Waals surface area contributed by atoms with Crippen molar-refractivity contribution < 1.29 is 4.74 Å². The zero-order chi connectivity index (χ0) is 18.3. The van der Waals surface area contributed by atoms with E-state index in [1.165, 1.54) is 5.56 Å². The van der Waals surface area contributed by atoms with Gasteiger partial charge in [0, 0.05) is 6.20 Å². The molecule has 0 bridgehead atoms. The van der Waals surface area contributed by atoms with Gasteiger partial charge in [0.05, 0.1) is 18.2 Å². The molecule has 4 rings (SSSR count). The molecule has 4 aromatic rings. The molecule has 5 heteroatoms. The van der Waals surface area contributed by atoms with E-state index in [0.717, 1.165) is 28.1 Å². The quantitative estimate of drug-likeness (QED) is 0.610. The number of H-pyrrole nitrogens is 1. The lowest BCUT2D eigenvalue weighted by molar-refractivity contribution is 0.415. The van der Waals surface area contributed by atoms with Gasteiger partial charge in [-0.05, 0) is 66.4 Å². The molecule has 0 unspecified atom stereocenters. The van der Waals surface area contributed by atoms with Gasteiger partial charge >= 0.3 is 0 Å². The average molecular weight is 345 g/mol. The number of aromatic amines is 1. The van der Waals surface area contributed by atoms with Gasteiger partial charge in [-0.2, -0.15) is 0 Å². The van der Waals surface area contributed by atoms with Crippen molar-refractivity contribution in [2.75, 3.05) is 7.11 Å². The minimum atomic E-state index is -0.117. The Morgan fingerprint density at radius 2 is 1.88 bits per heavy atom. The molecule has 0 aliphatic rings. The van der Waals surface area contributed by atoms with Gasteiger partial charge in [-0.1, -0.05) is 18.2 Å².